The van der Waals surface area contributed by atoms with Crippen LogP contribution in [0.15, 0.2) is 37.4 Å². The third kappa shape index (κ3) is 5.81. The summed E-state index contributed by atoms with van der Waals surface area (Å²) in [4.78, 5) is 40.0. The van der Waals surface area contributed by atoms with Gasteiger partial charge in [-0.2, -0.15) is 0 Å². The maximum absolute atomic E-state index is 11.5. The van der Waals surface area contributed by atoms with E-state index in [2.05, 4.69) is 29.2 Å². The third-order valence-corrected chi connectivity index (χ3v) is 8.22. The molecule has 2 aliphatic heterocycles. The van der Waals surface area contributed by atoms with Gasteiger partial charge in [0.15, 0.2) is 0 Å². The summed E-state index contributed by atoms with van der Waals surface area (Å²) in [5, 5.41) is 18.9. The molecule has 0 saturated carbocycles. The van der Waals surface area contributed by atoms with Gasteiger partial charge in [-0.3, -0.25) is 9.59 Å². The molecule has 0 saturated heterocycles. The number of H-pyrrole nitrogens is 2. The van der Waals surface area contributed by atoms with E-state index in [1.54, 1.807) is 0 Å². The van der Waals surface area contributed by atoms with Gasteiger partial charge in [0.1, 0.15) is 0 Å². The predicted octanol–water partition coefficient (Wildman–Crippen LogP) is 7.43. The normalized spacial score (nSPS) is 12.7. The van der Waals surface area contributed by atoms with Crippen LogP contribution in [0.1, 0.15) is 84.6 Å². The minimum Gasteiger partial charge on any atom is -0.481 e. The molecule has 218 valence electrons. The van der Waals surface area contributed by atoms with Crippen molar-refractivity contribution in [3.8, 4) is 0 Å². The van der Waals surface area contributed by atoms with Crippen LogP contribution in [0, 0.1) is 13.8 Å². The number of allylic oxidation sites excluding steroid dienone is 4. The molecular weight excluding hydrogens is 556 g/mol. The number of hydrogen-bond acceptors (Lipinski definition) is 4. The number of aromatic amines is 2. The number of carbonyl (C=O) groups is 2. The Morgan fingerprint density at radius 1 is 0.674 bits per heavy atom. The van der Waals surface area contributed by atoms with Crippen molar-refractivity contribution in [3.63, 3.8) is 0 Å². The summed E-state index contributed by atoms with van der Waals surface area (Å²) in [6.45, 7) is 16.1. The van der Waals surface area contributed by atoms with E-state index in [0.29, 0.717) is 24.2 Å². The second-order valence-corrected chi connectivity index (χ2v) is 10.7. The molecule has 2 aliphatic rings. The third-order valence-electron chi connectivity index (χ3n) is 8.22. The number of carboxylic acid groups (broad SMARTS) is 2. The Morgan fingerprint density at radius 2 is 1.07 bits per heavy atom. The second-order valence-electron chi connectivity index (χ2n) is 10.7. The van der Waals surface area contributed by atoms with Gasteiger partial charge in [0.2, 0.25) is 0 Å². The van der Waals surface area contributed by atoms with Crippen molar-refractivity contribution >= 4 is 79.4 Å². The Hall–Kier alpha value is -4.76. The van der Waals surface area contributed by atoms with Crippen molar-refractivity contribution in [3.05, 3.63) is 82.5 Å². The number of nitrogens with zero attached hydrogens (tertiary/aromatic N) is 2. The molecule has 3 aromatic rings. The molecule has 8 bridgehead atoms. The van der Waals surface area contributed by atoms with Gasteiger partial charge in [-0.15, -0.1) is 0 Å². The molecule has 0 atom stereocenters. The number of nitrogens with one attached hydrogen (secondary N) is 2. The molecule has 4 N–H and O–H groups in total. The Balaban J connectivity index is 0.00000423. The zero-order chi connectivity index (χ0) is 30.3. The maximum atomic E-state index is 11.5. The summed E-state index contributed by atoms with van der Waals surface area (Å²) in [6, 6.07) is 7.88. The highest BCUT2D eigenvalue weighted by molar-refractivity contribution is 5.97. The average Bonchev–Trinajstić information content (AvgIpc) is 3.59. The fourth-order valence-corrected chi connectivity index (χ4v) is 5.77. The fourth-order valence-electron chi connectivity index (χ4n) is 5.77. The summed E-state index contributed by atoms with van der Waals surface area (Å²) in [7, 11) is 0. The van der Waals surface area contributed by atoms with E-state index in [9.17, 15) is 19.8 Å². The van der Waals surface area contributed by atoms with Crippen LogP contribution in [0.3, 0.4) is 0 Å². The highest BCUT2D eigenvalue weighted by atomic mass is 28.1. The van der Waals surface area contributed by atoms with Crippen LogP contribution in [0.2, 0.25) is 0 Å². The number of aromatic nitrogens is 4. The number of carboxylic acids is 2. The Kier molecular flexibility index (Phi) is 8.87. The van der Waals surface area contributed by atoms with E-state index in [1.165, 1.54) is 0 Å². The van der Waals surface area contributed by atoms with Crippen LogP contribution < -0.4 is 0 Å². The molecule has 0 aliphatic carbocycles. The molecule has 0 fully saturated rings. The summed E-state index contributed by atoms with van der Waals surface area (Å²) in [6.07, 6.45) is 4.20. The number of hydrogen-bond donors (Lipinski definition) is 4. The molecule has 3 aromatic heterocycles. The van der Waals surface area contributed by atoms with Crippen LogP contribution >= 0.6 is 0 Å². The van der Waals surface area contributed by atoms with Crippen LogP contribution in [-0.4, -0.2) is 53.1 Å². The first kappa shape index (κ1) is 31.2. The Labute approximate surface area is 254 Å². The van der Waals surface area contributed by atoms with Crippen molar-refractivity contribution in [1.29, 1.82) is 0 Å². The van der Waals surface area contributed by atoms with Gasteiger partial charge in [0, 0.05) is 57.0 Å². The summed E-state index contributed by atoms with van der Waals surface area (Å²) in [5.41, 5.74) is 13.7. The lowest BCUT2D eigenvalue weighted by Crippen LogP contribution is -1.97. The molecule has 4 radical (unpaired) electrons. The Bertz CT molecular complexity index is 1920. The van der Waals surface area contributed by atoms with Crippen molar-refractivity contribution in [1.82, 2.24) is 19.9 Å². The van der Waals surface area contributed by atoms with Crippen molar-refractivity contribution in [2.75, 3.05) is 0 Å². The SMILES string of the molecule is C=Cc1c(C)c2cc3[nH]c(cc4nc(cc5nc(cc1[nH]2)C(C)=C5CCC(=O)O)C(CCC(=O)O)=C4C)c(C)c3C=C.[Si]. The van der Waals surface area contributed by atoms with Gasteiger partial charge >= 0.3 is 11.9 Å². The van der Waals surface area contributed by atoms with E-state index in [-0.39, 0.29) is 23.8 Å². The van der Waals surface area contributed by atoms with Crippen LogP contribution in [0.4, 0.5) is 0 Å². The standard InChI is InChI=1S/C34H34N4O4.Si/c1-7-21-17(3)25-13-26-19(5)23(9-11-33(39)40)31(37-26)16-32-24(10-12-34(41)42)20(6)28(38-32)15-30-22(8-2)18(4)27(36-30)14-29(21)35-25;/h7-8,13-16,35-36H,1-2,9-12H2,3-6H3,(H,39,40)(H,41,42);. The Morgan fingerprint density at radius 3 is 1.49 bits per heavy atom. The molecule has 0 amide bonds. The van der Waals surface area contributed by atoms with E-state index in [1.807, 2.05) is 58.0 Å². The summed E-state index contributed by atoms with van der Waals surface area (Å²) in [5.74, 6) is -1.78. The largest absolute Gasteiger partial charge is 0.481 e. The molecule has 9 heteroatoms. The number of aliphatic carboxylic acids is 2. The first-order chi connectivity index (χ1) is 20.0. The van der Waals surface area contributed by atoms with Crippen molar-refractivity contribution < 1.29 is 19.8 Å². The van der Waals surface area contributed by atoms with Crippen molar-refractivity contribution in [2.24, 2.45) is 0 Å². The molecule has 5 rings (SSSR count). The van der Waals surface area contributed by atoms with Crippen LogP contribution in [0.5, 0.6) is 0 Å². The van der Waals surface area contributed by atoms with Crippen LogP contribution in [0.25, 0.3) is 56.5 Å². The van der Waals surface area contributed by atoms with Gasteiger partial charge < -0.3 is 20.2 Å². The first-order valence-corrected chi connectivity index (χ1v) is 13.9. The zero-order valence-electron chi connectivity index (χ0n) is 24.8. The smallest absolute Gasteiger partial charge is 0.303 e. The zero-order valence-corrected chi connectivity index (χ0v) is 25.8. The number of rotatable bonds is 8. The molecule has 43 heavy (non-hydrogen) atoms. The van der Waals surface area contributed by atoms with Crippen LogP contribution in [-0.2, 0) is 9.59 Å². The van der Waals surface area contributed by atoms with Gasteiger partial charge in [0.05, 0.1) is 22.8 Å². The summed E-state index contributed by atoms with van der Waals surface area (Å²) >= 11 is 0. The predicted molar refractivity (Wildman–Crippen MR) is 175 cm³/mol. The van der Waals surface area contributed by atoms with Gasteiger partial charge in [-0.1, -0.05) is 25.3 Å². The highest BCUT2D eigenvalue weighted by Gasteiger charge is 2.22. The molecule has 5 heterocycles. The lowest BCUT2D eigenvalue weighted by Gasteiger charge is -2.05. The van der Waals surface area contributed by atoms with Gasteiger partial charge in [-0.05, 0) is 98.2 Å². The molecule has 0 unspecified atom stereocenters. The van der Waals surface area contributed by atoms with E-state index >= 15 is 0 Å². The topological polar surface area (TPSA) is 132 Å². The minimum absolute atomic E-state index is 0. The maximum Gasteiger partial charge on any atom is 0.303 e. The fraction of sp³-hybridized carbons (Fsp3) is 0.235. The van der Waals surface area contributed by atoms with Gasteiger partial charge in [0.25, 0.3) is 0 Å². The quantitative estimate of drug-likeness (QED) is 0.202. The van der Waals surface area contributed by atoms with E-state index < -0.39 is 11.9 Å². The lowest BCUT2D eigenvalue weighted by atomic mass is 9.98. The lowest BCUT2D eigenvalue weighted by molar-refractivity contribution is -0.137. The number of fused-ring (bicyclic) bond motifs is 8. The van der Waals surface area contributed by atoms with Gasteiger partial charge in [-0.25, -0.2) is 9.97 Å². The molecule has 8 nitrogen and oxygen atoms in total. The first-order valence-electron chi connectivity index (χ1n) is 13.9. The average molecular weight is 591 g/mol. The molecule has 0 aromatic carbocycles. The second kappa shape index (κ2) is 12.2. The number of aryl methyl sites for hydroxylation is 2. The highest BCUT2D eigenvalue weighted by Crippen LogP contribution is 2.38. The van der Waals surface area contributed by atoms with E-state index in [4.69, 9.17) is 9.97 Å². The minimum atomic E-state index is -0.889. The molecule has 0 spiro atoms. The summed E-state index contributed by atoms with van der Waals surface area (Å²) < 4.78 is 0. The molecular formula is C34H34N4O4Si. The van der Waals surface area contributed by atoms with E-state index in [0.717, 1.165) is 78.0 Å². The monoisotopic (exact) mass is 590 g/mol. The van der Waals surface area contributed by atoms with Crippen molar-refractivity contribution in [2.45, 2.75) is 53.4 Å².